The van der Waals surface area contributed by atoms with Crippen molar-refractivity contribution in [3.8, 4) is 0 Å². The highest BCUT2D eigenvalue weighted by molar-refractivity contribution is 7.93. The summed E-state index contributed by atoms with van der Waals surface area (Å²) in [6.45, 7) is 4.92. The predicted octanol–water partition coefficient (Wildman–Crippen LogP) is 1.61. The Hall–Kier alpha value is -1.83. The molecule has 7 nitrogen and oxygen atoms in total. The molecule has 1 aromatic heterocycles. The lowest BCUT2D eigenvalue weighted by Gasteiger charge is -2.16. The molecule has 0 unspecified atom stereocenters. The summed E-state index contributed by atoms with van der Waals surface area (Å²) < 4.78 is 26.8. The highest BCUT2D eigenvalue weighted by Gasteiger charge is 2.24. The quantitative estimate of drug-likeness (QED) is 0.859. The monoisotopic (exact) mass is 302 g/mol. The van der Waals surface area contributed by atoms with Crippen LogP contribution < -0.4 is 10.3 Å². The van der Waals surface area contributed by atoms with E-state index in [2.05, 4.69) is 4.72 Å². The van der Waals surface area contributed by atoms with Crippen molar-refractivity contribution in [1.29, 1.82) is 0 Å². The lowest BCUT2D eigenvalue weighted by Crippen LogP contribution is -2.34. The molecule has 0 aliphatic rings. The Balaban J connectivity index is 3.28. The zero-order chi connectivity index (χ0) is 15.5. The van der Waals surface area contributed by atoms with Crippen molar-refractivity contribution in [3.05, 3.63) is 28.2 Å². The van der Waals surface area contributed by atoms with Gasteiger partial charge in [-0.25, -0.2) is 17.8 Å². The minimum absolute atomic E-state index is 0.216. The Morgan fingerprint density at radius 2 is 1.90 bits per heavy atom. The van der Waals surface area contributed by atoms with E-state index in [-0.39, 0.29) is 11.4 Å². The van der Waals surface area contributed by atoms with E-state index in [1.165, 1.54) is 19.1 Å². The van der Waals surface area contributed by atoms with Crippen LogP contribution in [0.3, 0.4) is 0 Å². The first kappa shape index (κ1) is 16.2. The molecule has 8 heteroatoms. The maximum Gasteiger partial charge on any atom is 0.418 e. The first-order valence-corrected chi connectivity index (χ1v) is 7.76. The number of aryl methyl sites for hydroxylation is 1. The lowest BCUT2D eigenvalue weighted by atomic mass is 10.3. The Kier molecular flexibility index (Phi) is 4.93. The summed E-state index contributed by atoms with van der Waals surface area (Å²) in [5.41, 5.74) is -0.940. The molecule has 1 rings (SSSR count). The van der Waals surface area contributed by atoms with Crippen molar-refractivity contribution in [2.24, 2.45) is 0 Å². The molecule has 112 valence electrons. The van der Waals surface area contributed by atoms with Gasteiger partial charge in [0.15, 0.2) is 0 Å². The van der Waals surface area contributed by atoms with Crippen LogP contribution in [-0.4, -0.2) is 29.4 Å². The van der Waals surface area contributed by atoms with Crippen molar-refractivity contribution in [1.82, 2.24) is 4.57 Å². The van der Waals surface area contributed by atoms with Crippen LogP contribution in [0.15, 0.2) is 16.9 Å². The number of sulfonamides is 1. The maximum atomic E-state index is 12.1. The first-order chi connectivity index (χ1) is 9.24. The van der Waals surface area contributed by atoms with Crippen LogP contribution in [0.25, 0.3) is 0 Å². The van der Waals surface area contributed by atoms with Crippen LogP contribution >= 0.6 is 0 Å². The third-order valence-electron chi connectivity index (χ3n) is 3.07. The molecule has 2 N–H and O–H groups in total. The second-order valence-electron chi connectivity index (χ2n) is 4.40. The Morgan fingerprint density at radius 3 is 2.35 bits per heavy atom. The summed E-state index contributed by atoms with van der Waals surface area (Å²) in [4.78, 5) is 23.0. The number of carboxylic acid groups (broad SMARTS) is 1. The first-order valence-electron chi connectivity index (χ1n) is 6.22. The lowest BCUT2D eigenvalue weighted by molar-refractivity contribution is 0.194. The van der Waals surface area contributed by atoms with Gasteiger partial charge in [0.25, 0.3) is 5.56 Å². The summed E-state index contributed by atoms with van der Waals surface area (Å²) in [5.74, 6) is 0. The third-order valence-corrected chi connectivity index (χ3v) is 5.12. The second kappa shape index (κ2) is 6.08. The molecule has 1 aromatic rings. The van der Waals surface area contributed by atoms with E-state index in [0.717, 1.165) is 0 Å². The van der Waals surface area contributed by atoms with Crippen molar-refractivity contribution in [2.75, 3.05) is 4.72 Å². The number of anilines is 1. The van der Waals surface area contributed by atoms with Crippen LogP contribution in [0.1, 0.15) is 32.4 Å². The summed E-state index contributed by atoms with van der Waals surface area (Å²) in [6.07, 6.45) is -0.633. The van der Waals surface area contributed by atoms with Gasteiger partial charge in [-0.3, -0.25) is 9.52 Å². The van der Waals surface area contributed by atoms with Gasteiger partial charge in [-0.05, 0) is 31.9 Å². The molecule has 0 amide bonds. The molecule has 0 radical (unpaired) electrons. The molecule has 0 aliphatic carbocycles. The van der Waals surface area contributed by atoms with Crippen molar-refractivity contribution in [3.63, 3.8) is 0 Å². The Morgan fingerprint density at radius 1 is 1.35 bits per heavy atom. The molecule has 0 fully saturated rings. The molecule has 0 saturated carbocycles. The SMILES string of the molecule is CCC(CC)S(=O)(=O)Nc1ccc(C)n(C(=O)O)c1=O. The molecule has 0 atom stereocenters. The average molecular weight is 302 g/mol. The van der Waals surface area contributed by atoms with Crippen LogP contribution in [0.5, 0.6) is 0 Å². The zero-order valence-electron chi connectivity index (χ0n) is 11.6. The highest BCUT2D eigenvalue weighted by atomic mass is 32.2. The molecule has 0 bridgehead atoms. The molecule has 1 heterocycles. The summed E-state index contributed by atoms with van der Waals surface area (Å²) in [6, 6.07) is 2.65. The second-order valence-corrected chi connectivity index (χ2v) is 6.36. The predicted molar refractivity (Wildman–Crippen MR) is 75.8 cm³/mol. The molecule has 0 saturated heterocycles. The largest absolute Gasteiger partial charge is 0.464 e. The summed E-state index contributed by atoms with van der Waals surface area (Å²) >= 11 is 0. The van der Waals surface area contributed by atoms with Crippen LogP contribution in [-0.2, 0) is 10.0 Å². The van der Waals surface area contributed by atoms with Gasteiger partial charge < -0.3 is 5.11 Å². The van der Waals surface area contributed by atoms with E-state index in [9.17, 15) is 18.0 Å². The number of aromatic nitrogens is 1. The van der Waals surface area contributed by atoms with Crippen LogP contribution in [0.4, 0.5) is 10.5 Å². The van der Waals surface area contributed by atoms with Gasteiger partial charge in [0.2, 0.25) is 10.0 Å². The van der Waals surface area contributed by atoms with Crippen LogP contribution in [0.2, 0.25) is 0 Å². The van der Waals surface area contributed by atoms with Gasteiger partial charge in [-0.2, -0.15) is 0 Å². The van der Waals surface area contributed by atoms with E-state index < -0.39 is 26.9 Å². The molecule has 0 spiro atoms. The molecule has 0 aliphatic heterocycles. The van der Waals surface area contributed by atoms with E-state index in [0.29, 0.717) is 17.4 Å². The summed E-state index contributed by atoms with van der Waals surface area (Å²) in [7, 11) is -3.71. The van der Waals surface area contributed by atoms with E-state index in [1.807, 2.05) is 0 Å². The van der Waals surface area contributed by atoms with Crippen molar-refractivity contribution >= 4 is 21.8 Å². The minimum atomic E-state index is -3.71. The number of hydrogen-bond acceptors (Lipinski definition) is 4. The Bertz CT molecular complexity index is 659. The fourth-order valence-electron chi connectivity index (χ4n) is 1.91. The minimum Gasteiger partial charge on any atom is -0.464 e. The average Bonchev–Trinajstić information content (AvgIpc) is 2.33. The van der Waals surface area contributed by atoms with Gasteiger partial charge in [0, 0.05) is 5.69 Å². The number of nitrogens with one attached hydrogen (secondary N) is 1. The smallest absolute Gasteiger partial charge is 0.418 e. The molecule has 20 heavy (non-hydrogen) atoms. The maximum absolute atomic E-state index is 12.1. The van der Waals surface area contributed by atoms with Gasteiger partial charge in [-0.15, -0.1) is 0 Å². The van der Waals surface area contributed by atoms with Gasteiger partial charge in [0.1, 0.15) is 5.69 Å². The van der Waals surface area contributed by atoms with Gasteiger partial charge in [0.05, 0.1) is 5.25 Å². The van der Waals surface area contributed by atoms with Crippen molar-refractivity contribution < 1.29 is 18.3 Å². The topological polar surface area (TPSA) is 105 Å². The van der Waals surface area contributed by atoms with E-state index in [1.54, 1.807) is 13.8 Å². The van der Waals surface area contributed by atoms with Crippen LogP contribution in [0, 0.1) is 6.92 Å². The number of nitrogens with zero attached hydrogens (tertiary/aromatic N) is 1. The molecular formula is C12H18N2O5S. The zero-order valence-corrected chi connectivity index (χ0v) is 12.4. The number of hydrogen-bond donors (Lipinski definition) is 2. The van der Waals surface area contributed by atoms with Gasteiger partial charge >= 0.3 is 6.09 Å². The standard InChI is InChI=1S/C12H18N2O5S/c1-4-9(5-2)20(18,19)13-10-7-6-8(3)14(11(10)15)12(16)17/h6-7,9,13H,4-5H2,1-3H3,(H,16,17). The molecular weight excluding hydrogens is 284 g/mol. The normalized spacial score (nSPS) is 11.6. The fourth-order valence-corrected chi connectivity index (χ4v) is 3.42. The number of carbonyl (C=O) groups is 1. The van der Waals surface area contributed by atoms with Gasteiger partial charge in [-0.1, -0.05) is 13.8 Å². The highest BCUT2D eigenvalue weighted by Crippen LogP contribution is 2.14. The van der Waals surface area contributed by atoms with E-state index >= 15 is 0 Å². The van der Waals surface area contributed by atoms with E-state index in [4.69, 9.17) is 5.11 Å². The Labute approximate surface area is 117 Å². The number of pyridine rings is 1. The third kappa shape index (κ3) is 3.19. The molecule has 0 aromatic carbocycles. The van der Waals surface area contributed by atoms with Crippen molar-refractivity contribution in [2.45, 2.75) is 38.9 Å². The number of rotatable bonds is 5. The summed E-state index contributed by atoms with van der Waals surface area (Å²) in [5, 5.41) is 8.33. The fraction of sp³-hybridized carbons (Fsp3) is 0.500.